The lowest BCUT2D eigenvalue weighted by Gasteiger charge is -1.99. The molecule has 0 aromatic heterocycles. The fourth-order valence-electron chi connectivity index (χ4n) is 0.845. The molecule has 1 rings (SSSR count). The minimum absolute atomic E-state index is 0.00275. The number of hydrogen-bond acceptors (Lipinski definition) is 2. The Morgan fingerprint density at radius 3 is 2.42 bits per heavy atom. The van der Waals surface area contributed by atoms with Crippen molar-refractivity contribution in [1.82, 2.24) is 5.09 Å². The molecular weight excluding hydrogens is 173 g/mol. The average molecular weight is 183 g/mol. The molecule has 1 atom stereocenters. The third-order valence-electron chi connectivity index (χ3n) is 1.53. The maximum Gasteiger partial charge on any atom is 0.254 e. The second-order valence-corrected chi connectivity index (χ2v) is 2.62. The van der Waals surface area contributed by atoms with Crippen molar-refractivity contribution >= 4 is 15.3 Å². The van der Waals surface area contributed by atoms with Crippen LogP contribution in [0.5, 0.6) is 0 Å². The van der Waals surface area contributed by atoms with E-state index in [1.807, 2.05) is 0 Å². The Morgan fingerprint density at radius 2 is 2.00 bits per heavy atom. The van der Waals surface area contributed by atoms with Crippen LogP contribution >= 0.6 is 9.39 Å². The Kier molecular flexibility index (Phi) is 3.20. The summed E-state index contributed by atoms with van der Waals surface area (Å²) in [6.45, 7) is 0.00275. The molecule has 0 heterocycles. The standard InChI is InChI=1S/C8H10NO2P/c10-5-6-1-3-7(4-2-6)8(11)9-12/h1-4,10H,5,12H2,(H,9,11). The summed E-state index contributed by atoms with van der Waals surface area (Å²) >= 11 is 0. The Bertz CT molecular complexity index is 271. The number of nitrogens with one attached hydrogen (secondary N) is 1. The first kappa shape index (κ1) is 9.17. The first-order valence-corrected chi connectivity index (χ1v) is 4.06. The number of benzene rings is 1. The molecule has 12 heavy (non-hydrogen) atoms. The second-order valence-electron chi connectivity index (χ2n) is 2.33. The van der Waals surface area contributed by atoms with Gasteiger partial charge in [-0.3, -0.25) is 4.79 Å². The number of aliphatic hydroxyl groups excluding tert-OH is 1. The van der Waals surface area contributed by atoms with Crippen LogP contribution in [0.4, 0.5) is 0 Å². The van der Waals surface area contributed by atoms with Gasteiger partial charge in [-0.1, -0.05) is 12.1 Å². The van der Waals surface area contributed by atoms with Gasteiger partial charge in [-0.25, -0.2) is 0 Å². The molecule has 0 radical (unpaired) electrons. The fourth-order valence-corrected chi connectivity index (χ4v) is 1.01. The SMILES string of the molecule is O=C(NP)c1ccc(CO)cc1. The van der Waals surface area contributed by atoms with Gasteiger partial charge in [0.15, 0.2) is 0 Å². The minimum atomic E-state index is -0.149. The maximum atomic E-state index is 11.0. The van der Waals surface area contributed by atoms with Crippen LogP contribution in [0.15, 0.2) is 24.3 Å². The van der Waals surface area contributed by atoms with E-state index in [1.54, 1.807) is 24.3 Å². The lowest BCUT2D eigenvalue weighted by Crippen LogP contribution is -2.11. The van der Waals surface area contributed by atoms with E-state index >= 15 is 0 Å². The van der Waals surface area contributed by atoms with E-state index < -0.39 is 0 Å². The van der Waals surface area contributed by atoms with Crippen LogP contribution in [0.2, 0.25) is 0 Å². The molecule has 1 aromatic carbocycles. The van der Waals surface area contributed by atoms with E-state index in [9.17, 15) is 4.79 Å². The average Bonchev–Trinajstić information content (AvgIpc) is 2.17. The molecule has 0 aliphatic carbocycles. The first-order valence-electron chi connectivity index (χ1n) is 3.48. The highest BCUT2D eigenvalue weighted by Crippen LogP contribution is 2.04. The molecule has 0 spiro atoms. The van der Waals surface area contributed by atoms with E-state index in [0.717, 1.165) is 5.56 Å². The van der Waals surface area contributed by atoms with Crippen LogP contribution in [0.1, 0.15) is 15.9 Å². The smallest absolute Gasteiger partial charge is 0.254 e. The quantitative estimate of drug-likeness (QED) is 0.663. The lowest BCUT2D eigenvalue weighted by molar-refractivity contribution is 0.0984. The van der Waals surface area contributed by atoms with Crippen molar-refractivity contribution < 1.29 is 9.90 Å². The summed E-state index contributed by atoms with van der Waals surface area (Å²) in [5, 5.41) is 11.2. The van der Waals surface area contributed by atoms with Crippen LogP contribution in [-0.2, 0) is 6.61 Å². The van der Waals surface area contributed by atoms with Crippen molar-refractivity contribution in [2.45, 2.75) is 6.61 Å². The summed E-state index contributed by atoms with van der Waals surface area (Å²) in [5.74, 6) is -0.149. The lowest BCUT2D eigenvalue weighted by atomic mass is 10.1. The van der Waals surface area contributed by atoms with Gasteiger partial charge in [0, 0.05) is 5.56 Å². The van der Waals surface area contributed by atoms with Crippen molar-refractivity contribution in [2.24, 2.45) is 0 Å². The largest absolute Gasteiger partial charge is 0.392 e. The predicted octanol–water partition coefficient (Wildman–Crippen LogP) is 0.699. The molecule has 3 nitrogen and oxygen atoms in total. The summed E-state index contributed by atoms with van der Waals surface area (Å²) < 4.78 is 0. The molecule has 0 aliphatic heterocycles. The Balaban J connectivity index is 2.84. The summed E-state index contributed by atoms with van der Waals surface area (Å²) in [4.78, 5) is 11.0. The highest BCUT2D eigenvalue weighted by molar-refractivity contribution is 7.15. The topological polar surface area (TPSA) is 49.3 Å². The van der Waals surface area contributed by atoms with E-state index in [0.29, 0.717) is 5.56 Å². The maximum absolute atomic E-state index is 11.0. The molecular formula is C8H10NO2P. The summed E-state index contributed by atoms with van der Waals surface area (Å²) in [6.07, 6.45) is 0. The Hall–Kier alpha value is -0.920. The molecule has 1 aromatic rings. The monoisotopic (exact) mass is 183 g/mol. The molecule has 1 amide bonds. The van der Waals surface area contributed by atoms with Crippen molar-refractivity contribution in [3.05, 3.63) is 35.4 Å². The van der Waals surface area contributed by atoms with Gasteiger partial charge < -0.3 is 10.2 Å². The minimum Gasteiger partial charge on any atom is -0.392 e. The van der Waals surface area contributed by atoms with E-state index in [-0.39, 0.29) is 12.5 Å². The van der Waals surface area contributed by atoms with Crippen LogP contribution in [0, 0.1) is 0 Å². The summed E-state index contributed by atoms with van der Waals surface area (Å²) in [7, 11) is 2.14. The summed E-state index contributed by atoms with van der Waals surface area (Å²) in [5.41, 5.74) is 1.39. The van der Waals surface area contributed by atoms with Crippen LogP contribution < -0.4 is 5.09 Å². The predicted molar refractivity (Wildman–Crippen MR) is 49.5 cm³/mol. The molecule has 0 bridgehead atoms. The zero-order valence-electron chi connectivity index (χ0n) is 6.45. The van der Waals surface area contributed by atoms with Crippen molar-refractivity contribution in [3.8, 4) is 0 Å². The highest BCUT2D eigenvalue weighted by Gasteiger charge is 2.00. The van der Waals surface area contributed by atoms with Crippen molar-refractivity contribution in [1.29, 1.82) is 0 Å². The molecule has 0 saturated heterocycles. The van der Waals surface area contributed by atoms with Crippen LogP contribution in [0.25, 0.3) is 0 Å². The molecule has 1 unspecified atom stereocenters. The van der Waals surface area contributed by atoms with E-state index in [1.165, 1.54) is 0 Å². The van der Waals surface area contributed by atoms with Gasteiger partial charge in [0.2, 0.25) is 0 Å². The number of aliphatic hydroxyl groups is 1. The number of amides is 1. The molecule has 64 valence electrons. The van der Waals surface area contributed by atoms with E-state index in [2.05, 4.69) is 14.5 Å². The fraction of sp³-hybridized carbons (Fsp3) is 0.125. The second kappa shape index (κ2) is 4.19. The van der Waals surface area contributed by atoms with Crippen molar-refractivity contribution in [3.63, 3.8) is 0 Å². The Morgan fingerprint density at radius 1 is 1.42 bits per heavy atom. The van der Waals surface area contributed by atoms with Crippen LogP contribution in [0.3, 0.4) is 0 Å². The molecule has 2 N–H and O–H groups in total. The number of rotatable bonds is 2. The third kappa shape index (κ3) is 2.03. The van der Waals surface area contributed by atoms with Gasteiger partial charge in [0.05, 0.1) is 6.61 Å². The number of hydrogen-bond donors (Lipinski definition) is 2. The third-order valence-corrected chi connectivity index (χ3v) is 1.79. The van der Waals surface area contributed by atoms with Crippen LogP contribution in [-0.4, -0.2) is 11.0 Å². The van der Waals surface area contributed by atoms with Gasteiger partial charge in [-0.15, -0.1) is 0 Å². The zero-order chi connectivity index (χ0) is 8.97. The zero-order valence-corrected chi connectivity index (χ0v) is 7.60. The number of carbonyl (C=O) groups is 1. The molecule has 0 fully saturated rings. The summed E-state index contributed by atoms with van der Waals surface area (Å²) in [6, 6.07) is 6.78. The van der Waals surface area contributed by atoms with Gasteiger partial charge >= 0.3 is 0 Å². The number of carbonyl (C=O) groups excluding carboxylic acids is 1. The van der Waals surface area contributed by atoms with Gasteiger partial charge in [-0.2, -0.15) is 0 Å². The molecule has 4 heteroatoms. The molecule has 0 saturated carbocycles. The van der Waals surface area contributed by atoms with Gasteiger partial charge in [0.1, 0.15) is 0 Å². The van der Waals surface area contributed by atoms with Gasteiger partial charge in [0.25, 0.3) is 5.91 Å². The highest BCUT2D eigenvalue weighted by atomic mass is 31.0. The first-order chi connectivity index (χ1) is 5.77. The van der Waals surface area contributed by atoms with E-state index in [4.69, 9.17) is 5.11 Å². The Labute approximate surface area is 73.1 Å². The molecule has 0 aliphatic rings. The normalized spacial score (nSPS) is 9.50. The van der Waals surface area contributed by atoms with Gasteiger partial charge in [-0.05, 0) is 27.1 Å². The van der Waals surface area contributed by atoms with Crippen molar-refractivity contribution in [2.75, 3.05) is 0 Å².